The summed E-state index contributed by atoms with van der Waals surface area (Å²) in [6.07, 6.45) is 8.72. The third kappa shape index (κ3) is 3.43. The van der Waals surface area contributed by atoms with E-state index in [-0.39, 0.29) is 12.5 Å². The zero-order valence-corrected chi connectivity index (χ0v) is 14.7. The first-order valence-corrected chi connectivity index (χ1v) is 9.59. The lowest BCUT2D eigenvalue weighted by atomic mass is 9.80. The van der Waals surface area contributed by atoms with Gasteiger partial charge in [0.25, 0.3) is 0 Å². The Balaban J connectivity index is 1.55. The summed E-state index contributed by atoms with van der Waals surface area (Å²) in [5, 5.41) is 13.1. The molecule has 134 valence electrons. The van der Waals surface area contributed by atoms with Crippen molar-refractivity contribution in [3.8, 4) is 0 Å². The maximum Gasteiger partial charge on any atom is 0.240 e. The van der Waals surface area contributed by atoms with Crippen molar-refractivity contribution in [3.63, 3.8) is 0 Å². The highest BCUT2D eigenvalue weighted by Crippen LogP contribution is 2.34. The number of hydrogen-bond acceptors (Lipinski definition) is 3. The van der Waals surface area contributed by atoms with E-state index in [1.54, 1.807) is 0 Å². The molecule has 2 fully saturated rings. The van der Waals surface area contributed by atoms with Crippen LogP contribution in [0.15, 0.2) is 24.3 Å². The first-order chi connectivity index (χ1) is 12.1. The van der Waals surface area contributed by atoms with Crippen LogP contribution in [-0.4, -0.2) is 32.7 Å². The molecule has 0 unspecified atom stereocenters. The van der Waals surface area contributed by atoms with Crippen molar-refractivity contribution in [2.75, 3.05) is 6.54 Å². The fourth-order valence-corrected chi connectivity index (χ4v) is 4.16. The van der Waals surface area contributed by atoms with Gasteiger partial charge in [0.2, 0.25) is 5.91 Å². The molecule has 1 heterocycles. The molecule has 0 radical (unpaired) electrons. The molecule has 1 aromatic carbocycles. The monoisotopic (exact) mass is 341 g/mol. The summed E-state index contributed by atoms with van der Waals surface area (Å²) >= 11 is 0. The number of nitrogens with zero attached hydrogens (tertiary/aromatic N) is 2. The Hall–Kier alpha value is -1.88. The highest BCUT2D eigenvalue weighted by Gasteiger charge is 2.34. The molecule has 2 saturated carbocycles. The van der Waals surface area contributed by atoms with Crippen LogP contribution in [0.4, 0.5) is 0 Å². The number of aliphatic hydroxyl groups is 1. The van der Waals surface area contributed by atoms with Crippen molar-refractivity contribution in [2.24, 2.45) is 0 Å². The maximum atomic E-state index is 12.5. The van der Waals surface area contributed by atoms with Crippen molar-refractivity contribution < 1.29 is 9.90 Å². The van der Waals surface area contributed by atoms with Gasteiger partial charge in [-0.3, -0.25) is 4.79 Å². The summed E-state index contributed by atoms with van der Waals surface area (Å²) < 4.78 is 2.09. The van der Waals surface area contributed by atoms with Crippen LogP contribution in [0.2, 0.25) is 0 Å². The Kier molecular flexibility index (Phi) is 4.50. The van der Waals surface area contributed by atoms with E-state index in [1.165, 1.54) is 19.3 Å². The van der Waals surface area contributed by atoms with E-state index in [9.17, 15) is 9.90 Å². The predicted octanol–water partition coefficient (Wildman–Crippen LogP) is 3.12. The van der Waals surface area contributed by atoms with Crippen molar-refractivity contribution in [1.82, 2.24) is 14.9 Å². The van der Waals surface area contributed by atoms with Gasteiger partial charge in [0.15, 0.2) is 0 Å². The lowest BCUT2D eigenvalue weighted by molar-refractivity contribution is -0.124. The molecule has 0 atom stereocenters. The molecular weight excluding hydrogens is 314 g/mol. The van der Waals surface area contributed by atoms with Gasteiger partial charge in [-0.15, -0.1) is 0 Å². The third-order valence-corrected chi connectivity index (χ3v) is 5.85. The van der Waals surface area contributed by atoms with Gasteiger partial charge in [0.1, 0.15) is 12.4 Å². The lowest BCUT2D eigenvalue weighted by Crippen LogP contribution is -2.48. The number of carbonyl (C=O) groups excluding carboxylic acids is 1. The molecule has 1 aromatic heterocycles. The number of rotatable bonds is 5. The third-order valence-electron chi connectivity index (χ3n) is 5.85. The van der Waals surface area contributed by atoms with Gasteiger partial charge in [0.05, 0.1) is 16.6 Å². The molecule has 5 heteroatoms. The summed E-state index contributed by atoms with van der Waals surface area (Å²) in [5.74, 6) is 1.46. The van der Waals surface area contributed by atoms with Crippen molar-refractivity contribution in [2.45, 2.75) is 69.4 Å². The van der Waals surface area contributed by atoms with Crippen molar-refractivity contribution >= 4 is 16.9 Å². The van der Waals surface area contributed by atoms with E-state index >= 15 is 0 Å². The van der Waals surface area contributed by atoms with E-state index in [4.69, 9.17) is 4.98 Å². The normalized spacial score (nSPS) is 20.4. The van der Waals surface area contributed by atoms with Gasteiger partial charge in [-0.05, 0) is 44.2 Å². The van der Waals surface area contributed by atoms with Crippen LogP contribution in [0.5, 0.6) is 0 Å². The standard InChI is InChI=1S/C20H27N3O2/c24-18(21-14-20(25)11-6-12-20)13-23-17-10-5-4-9-16(17)22-19(23)15-7-2-1-3-8-15/h4-5,9-10,15,25H,1-3,6-8,11-14H2,(H,21,24). The van der Waals surface area contributed by atoms with E-state index in [1.807, 2.05) is 24.3 Å². The van der Waals surface area contributed by atoms with Crippen LogP contribution in [0.25, 0.3) is 11.0 Å². The molecule has 2 aromatic rings. The molecule has 2 aliphatic carbocycles. The Morgan fingerprint density at radius 1 is 1.20 bits per heavy atom. The van der Waals surface area contributed by atoms with Crippen LogP contribution < -0.4 is 5.32 Å². The lowest BCUT2D eigenvalue weighted by Gasteiger charge is -2.36. The number of carbonyl (C=O) groups is 1. The van der Waals surface area contributed by atoms with Crippen LogP contribution in [0, 0.1) is 0 Å². The zero-order valence-electron chi connectivity index (χ0n) is 14.7. The largest absolute Gasteiger partial charge is 0.388 e. The maximum absolute atomic E-state index is 12.5. The second-order valence-electron chi connectivity index (χ2n) is 7.73. The second-order valence-corrected chi connectivity index (χ2v) is 7.73. The Morgan fingerprint density at radius 2 is 1.96 bits per heavy atom. The molecule has 0 saturated heterocycles. The number of nitrogens with one attached hydrogen (secondary N) is 1. The van der Waals surface area contributed by atoms with Crippen LogP contribution in [-0.2, 0) is 11.3 Å². The Morgan fingerprint density at radius 3 is 2.68 bits per heavy atom. The minimum Gasteiger partial charge on any atom is -0.388 e. The number of para-hydroxylation sites is 2. The van der Waals surface area contributed by atoms with Gasteiger partial charge in [0, 0.05) is 12.5 Å². The van der Waals surface area contributed by atoms with E-state index in [0.717, 1.165) is 49.0 Å². The quantitative estimate of drug-likeness (QED) is 0.878. The average molecular weight is 341 g/mol. The Labute approximate surface area is 148 Å². The smallest absolute Gasteiger partial charge is 0.240 e. The van der Waals surface area contributed by atoms with Gasteiger partial charge >= 0.3 is 0 Å². The molecule has 5 nitrogen and oxygen atoms in total. The first-order valence-electron chi connectivity index (χ1n) is 9.59. The summed E-state index contributed by atoms with van der Waals surface area (Å²) in [6.45, 7) is 0.639. The topological polar surface area (TPSA) is 67.2 Å². The summed E-state index contributed by atoms with van der Waals surface area (Å²) in [7, 11) is 0. The molecule has 0 bridgehead atoms. The number of imidazole rings is 1. The summed E-state index contributed by atoms with van der Waals surface area (Å²) in [5.41, 5.74) is 1.31. The molecule has 0 spiro atoms. The van der Waals surface area contributed by atoms with E-state index in [2.05, 4.69) is 9.88 Å². The zero-order chi connectivity index (χ0) is 17.3. The van der Waals surface area contributed by atoms with Crippen LogP contribution in [0.3, 0.4) is 0 Å². The highest BCUT2D eigenvalue weighted by atomic mass is 16.3. The van der Waals surface area contributed by atoms with Crippen LogP contribution in [0.1, 0.15) is 63.1 Å². The SMILES string of the molecule is O=C(Cn1c(C2CCCCC2)nc2ccccc21)NCC1(O)CCC1. The van der Waals surface area contributed by atoms with Gasteiger partial charge in [-0.1, -0.05) is 31.4 Å². The van der Waals surface area contributed by atoms with Gasteiger partial charge in [-0.25, -0.2) is 4.98 Å². The first kappa shape index (κ1) is 16.6. The fourth-order valence-electron chi connectivity index (χ4n) is 4.16. The number of fused-ring (bicyclic) bond motifs is 1. The molecule has 1 amide bonds. The molecular formula is C20H27N3O2. The molecule has 2 aliphatic rings. The van der Waals surface area contributed by atoms with Crippen LogP contribution >= 0.6 is 0 Å². The van der Waals surface area contributed by atoms with Crippen molar-refractivity contribution in [1.29, 1.82) is 0 Å². The molecule has 2 N–H and O–H groups in total. The number of aromatic nitrogens is 2. The number of benzene rings is 1. The minimum atomic E-state index is -0.682. The number of hydrogen-bond donors (Lipinski definition) is 2. The molecule has 4 rings (SSSR count). The van der Waals surface area contributed by atoms with E-state index < -0.39 is 5.60 Å². The molecule has 0 aliphatic heterocycles. The fraction of sp³-hybridized carbons (Fsp3) is 0.600. The summed E-state index contributed by atoms with van der Waals surface area (Å²) in [4.78, 5) is 17.4. The minimum absolute atomic E-state index is 0.0412. The number of amides is 1. The highest BCUT2D eigenvalue weighted by molar-refractivity contribution is 5.81. The van der Waals surface area contributed by atoms with Crippen molar-refractivity contribution in [3.05, 3.63) is 30.1 Å². The Bertz CT molecular complexity index is 757. The van der Waals surface area contributed by atoms with Gasteiger partial charge < -0.3 is 15.0 Å². The predicted molar refractivity (Wildman–Crippen MR) is 97.4 cm³/mol. The second kappa shape index (κ2) is 6.79. The van der Waals surface area contributed by atoms with E-state index in [0.29, 0.717) is 12.5 Å². The van der Waals surface area contributed by atoms with Gasteiger partial charge in [-0.2, -0.15) is 0 Å². The molecule has 25 heavy (non-hydrogen) atoms. The summed E-state index contributed by atoms with van der Waals surface area (Å²) in [6, 6.07) is 8.06. The average Bonchev–Trinajstić information content (AvgIpc) is 2.98.